The van der Waals surface area contributed by atoms with Crippen molar-refractivity contribution < 1.29 is 13.6 Å². The Kier molecular flexibility index (Phi) is 6.07. The number of rotatable bonds is 6. The van der Waals surface area contributed by atoms with Gasteiger partial charge in [0.1, 0.15) is 16.5 Å². The van der Waals surface area contributed by atoms with Crippen LogP contribution in [0.15, 0.2) is 46.8 Å². The number of fused-ring (bicyclic) bond motifs is 3. The molecule has 0 bridgehead atoms. The summed E-state index contributed by atoms with van der Waals surface area (Å²) in [5.41, 5.74) is 0.986. The second kappa shape index (κ2) is 9.15. The third-order valence-corrected chi connectivity index (χ3v) is 7.96. The second-order valence-corrected chi connectivity index (χ2v) is 10.2. The normalized spacial score (nSPS) is 13.3. The molecule has 0 N–H and O–H groups in total. The van der Waals surface area contributed by atoms with Gasteiger partial charge < -0.3 is 4.90 Å². The van der Waals surface area contributed by atoms with Crippen LogP contribution in [0.5, 0.6) is 0 Å². The number of hydrogen-bond acceptors (Lipinski definition) is 5. The number of nitrogens with zero attached hydrogens (tertiary/aromatic N) is 3. The molecule has 0 aliphatic heterocycles. The van der Waals surface area contributed by atoms with E-state index < -0.39 is 11.6 Å². The molecule has 170 valence electrons. The SMILES string of the molecule is O=C(CCn1cnc2sc3c(c2c1=O)CCCC3)N(Cc1cccs1)c1ccc(F)cc1F. The smallest absolute Gasteiger partial charge is 0.262 e. The molecule has 5 rings (SSSR count). The van der Waals surface area contributed by atoms with Crippen molar-refractivity contribution in [2.24, 2.45) is 0 Å². The quantitative estimate of drug-likeness (QED) is 0.372. The predicted molar refractivity (Wildman–Crippen MR) is 127 cm³/mol. The van der Waals surface area contributed by atoms with Crippen LogP contribution in [0.1, 0.15) is 34.6 Å². The molecule has 3 heterocycles. The zero-order chi connectivity index (χ0) is 22.9. The fourth-order valence-electron chi connectivity index (χ4n) is 4.26. The minimum Gasteiger partial charge on any atom is -0.304 e. The zero-order valence-corrected chi connectivity index (χ0v) is 19.4. The van der Waals surface area contributed by atoms with Gasteiger partial charge in [0.05, 0.1) is 23.9 Å². The number of anilines is 1. The molecule has 1 aliphatic rings. The Morgan fingerprint density at radius 2 is 2.03 bits per heavy atom. The molecule has 0 spiro atoms. The molecule has 1 amide bonds. The number of amides is 1. The van der Waals surface area contributed by atoms with Gasteiger partial charge in [-0.2, -0.15) is 0 Å². The number of aryl methyl sites for hydroxylation is 3. The van der Waals surface area contributed by atoms with E-state index in [0.717, 1.165) is 53.1 Å². The van der Waals surface area contributed by atoms with E-state index in [4.69, 9.17) is 0 Å². The number of carbonyl (C=O) groups is 1. The first kappa shape index (κ1) is 21.9. The summed E-state index contributed by atoms with van der Waals surface area (Å²) in [5, 5.41) is 2.55. The Morgan fingerprint density at radius 1 is 1.18 bits per heavy atom. The first-order valence-corrected chi connectivity index (χ1v) is 12.5. The minimum atomic E-state index is -0.801. The molecule has 0 saturated carbocycles. The van der Waals surface area contributed by atoms with Crippen LogP contribution in [-0.4, -0.2) is 15.5 Å². The van der Waals surface area contributed by atoms with E-state index in [1.165, 1.54) is 38.1 Å². The molecule has 3 aromatic heterocycles. The van der Waals surface area contributed by atoms with Gasteiger partial charge in [0.25, 0.3) is 5.56 Å². The zero-order valence-electron chi connectivity index (χ0n) is 17.7. The fourth-order valence-corrected chi connectivity index (χ4v) is 6.17. The number of thiophene rings is 2. The van der Waals surface area contributed by atoms with Crippen LogP contribution < -0.4 is 10.5 Å². The highest BCUT2D eigenvalue weighted by Crippen LogP contribution is 2.33. The lowest BCUT2D eigenvalue weighted by Crippen LogP contribution is -2.33. The Bertz CT molecular complexity index is 1380. The summed E-state index contributed by atoms with van der Waals surface area (Å²) in [7, 11) is 0. The van der Waals surface area contributed by atoms with Crippen molar-refractivity contribution in [3.8, 4) is 0 Å². The van der Waals surface area contributed by atoms with Crippen LogP contribution in [0.4, 0.5) is 14.5 Å². The summed E-state index contributed by atoms with van der Waals surface area (Å²) in [6.07, 6.45) is 5.53. The van der Waals surface area contributed by atoms with Crippen molar-refractivity contribution in [3.63, 3.8) is 0 Å². The van der Waals surface area contributed by atoms with Crippen LogP contribution in [0.25, 0.3) is 10.2 Å². The predicted octanol–water partition coefficient (Wildman–Crippen LogP) is 5.30. The van der Waals surface area contributed by atoms with Gasteiger partial charge >= 0.3 is 0 Å². The minimum absolute atomic E-state index is 0.0123. The Hall–Kier alpha value is -2.91. The van der Waals surface area contributed by atoms with Crippen LogP contribution in [0.3, 0.4) is 0 Å². The molecule has 33 heavy (non-hydrogen) atoms. The van der Waals surface area contributed by atoms with Crippen molar-refractivity contribution >= 4 is 44.5 Å². The first-order valence-electron chi connectivity index (χ1n) is 10.8. The van der Waals surface area contributed by atoms with Gasteiger partial charge in [-0.3, -0.25) is 14.2 Å². The highest BCUT2D eigenvalue weighted by atomic mass is 32.1. The highest BCUT2D eigenvalue weighted by Gasteiger charge is 2.23. The summed E-state index contributed by atoms with van der Waals surface area (Å²) in [6, 6.07) is 6.88. The number of benzene rings is 1. The molecule has 0 atom stereocenters. The molecule has 1 aliphatic carbocycles. The molecular formula is C24H21F2N3O2S2. The van der Waals surface area contributed by atoms with E-state index in [0.29, 0.717) is 5.39 Å². The Labute approximate surface area is 196 Å². The van der Waals surface area contributed by atoms with E-state index in [-0.39, 0.29) is 36.7 Å². The van der Waals surface area contributed by atoms with Crippen LogP contribution in [0.2, 0.25) is 0 Å². The van der Waals surface area contributed by atoms with Crippen molar-refractivity contribution in [1.29, 1.82) is 0 Å². The lowest BCUT2D eigenvalue weighted by Gasteiger charge is -2.23. The molecule has 5 nitrogen and oxygen atoms in total. The van der Waals surface area contributed by atoms with E-state index in [1.54, 1.807) is 11.3 Å². The van der Waals surface area contributed by atoms with Gasteiger partial charge in [-0.25, -0.2) is 13.8 Å². The lowest BCUT2D eigenvalue weighted by molar-refractivity contribution is -0.119. The van der Waals surface area contributed by atoms with E-state index in [1.807, 2.05) is 17.5 Å². The fraction of sp³-hybridized carbons (Fsp3) is 0.292. The number of aromatic nitrogens is 2. The van der Waals surface area contributed by atoms with E-state index in [2.05, 4.69) is 4.98 Å². The Morgan fingerprint density at radius 3 is 2.82 bits per heavy atom. The van der Waals surface area contributed by atoms with Crippen LogP contribution in [-0.2, 0) is 30.7 Å². The van der Waals surface area contributed by atoms with Gasteiger partial charge in [0.2, 0.25) is 5.91 Å². The van der Waals surface area contributed by atoms with Gasteiger partial charge in [0.15, 0.2) is 0 Å². The van der Waals surface area contributed by atoms with Gasteiger partial charge in [0, 0.05) is 28.8 Å². The standard InChI is InChI=1S/C24H21F2N3O2S2/c25-15-7-8-19(18(26)12-15)29(13-16-4-3-11-32-16)21(30)9-10-28-14-27-23-22(24(28)31)17-5-1-2-6-20(17)33-23/h3-4,7-8,11-12,14H,1-2,5-6,9-10,13H2. The first-order chi connectivity index (χ1) is 16.0. The monoisotopic (exact) mass is 485 g/mol. The molecule has 0 fully saturated rings. The molecule has 0 saturated heterocycles. The average molecular weight is 486 g/mol. The third kappa shape index (κ3) is 4.35. The van der Waals surface area contributed by atoms with Crippen molar-refractivity contribution in [1.82, 2.24) is 9.55 Å². The summed E-state index contributed by atoms with van der Waals surface area (Å²) < 4.78 is 29.4. The maximum atomic E-state index is 14.5. The average Bonchev–Trinajstić information content (AvgIpc) is 3.45. The van der Waals surface area contributed by atoms with Crippen molar-refractivity contribution in [3.05, 3.63) is 79.3 Å². The number of halogens is 2. The maximum absolute atomic E-state index is 14.5. The summed E-state index contributed by atoms with van der Waals surface area (Å²) in [4.78, 5) is 35.0. The number of carbonyl (C=O) groups excluding carboxylic acids is 1. The summed E-state index contributed by atoms with van der Waals surface area (Å²) in [5.74, 6) is -1.86. The Balaban J connectivity index is 1.41. The molecular weight excluding hydrogens is 464 g/mol. The van der Waals surface area contributed by atoms with Gasteiger partial charge in [-0.15, -0.1) is 22.7 Å². The topological polar surface area (TPSA) is 55.2 Å². The van der Waals surface area contributed by atoms with E-state index >= 15 is 0 Å². The van der Waals surface area contributed by atoms with Crippen molar-refractivity contribution in [2.75, 3.05) is 4.90 Å². The van der Waals surface area contributed by atoms with Gasteiger partial charge in [-0.05, 0) is 54.8 Å². The highest BCUT2D eigenvalue weighted by molar-refractivity contribution is 7.18. The largest absolute Gasteiger partial charge is 0.304 e. The van der Waals surface area contributed by atoms with Crippen LogP contribution >= 0.6 is 22.7 Å². The maximum Gasteiger partial charge on any atom is 0.262 e. The molecule has 4 aromatic rings. The lowest BCUT2D eigenvalue weighted by atomic mass is 9.97. The number of hydrogen-bond donors (Lipinski definition) is 0. The van der Waals surface area contributed by atoms with Gasteiger partial charge in [-0.1, -0.05) is 6.07 Å². The third-order valence-electron chi connectivity index (χ3n) is 5.90. The van der Waals surface area contributed by atoms with Crippen molar-refractivity contribution in [2.45, 2.75) is 45.2 Å². The van der Waals surface area contributed by atoms with Crippen LogP contribution in [0, 0.1) is 11.6 Å². The molecule has 9 heteroatoms. The molecule has 1 aromatic carbocycles. The summed E-state index contributed by atoms with van der Waals surface area (Å²) >= 11 is 3.03. The molecule has 0 unspecified atom stereocenters. The second-order valence-electron chi connectivity index (χ2n) is 8.04. The van der Waals surface area contributed by atoms with E-state index in [9.17, 15) is 18.4 Å². The molecule has 0 radical (unpaired) electrons. The summed E-state index contributed by atoms with van der Waals surface area (Å²) in [6.45, 7) is 0.304.